The minimum absolute atomic E-state index is 0.168. The first-order valence-electron chi connectivity index (χ1n) is 8.70. The van der Waals surface area contributed by atoms with Crippen molar-refractivity contribution in [3.8, 4) is 0 Å². The lowest BCUT2D eigenvalue weighted by Gasteiger charge is -2.43. The lowest BCUT2D eigenvalue weighted by Crippen LogP contribution is -2.55. The van der Waals surface area contributed by atoms with Crippen molar-refractivity contribution < 1.29 is 9.53 Å². The highest BCUT2D eigenvalue weighted by Gasteiger charge is 2.49. The van der Waals surface area contributed by atoms with E-state index in [2.05, 4.69) is 37.6 Å². The number of ether oxygens (including phenoxy) is 1. The van der Waals surface area contributed by atoms with E-state index in [0.29, 0.717) is 5.91 Å². The molecule has 1 spiro atoms. The summed E-state index contributed by atoms with van der Waals surface area (Å²) in [6.45, 7) is 9.24. The number of amides is 1. The summed E-state index contributed by atoms with van der Waals surface area (Å²) in [5, 5.41) is 0. The maximum absolute atomic E-state index is 13.1. The van der Waals surface area contributed by atoms with Gasteiger partial charge < -0.3 is 14.5 Å². The molecule has 21 heavy (non-hydrogen) atoms. The zero-order chi connectivity index (χ0) is 15.5. The molecule has 1 unspecified atom stereocenters. The van der Waals surface area contributed by atoms with Crippen molar-refractivity contribution in [3.05, 3.63) is 0 Å². The Hall–Kier alpha value is -0.610. The average Bonchev–Trinajstić information content (AvgIpc) is 2.78. The number of piperidine rings is 1. The van der Waals surface area contributed by atoms with Gasteiger partial charge in [0, 0.05) is 38.4 Å². The third-order valence-corrected chi connectivity index (χ3v) is 5.01. The van der Waals surface area contributed by atoms with Crippen molar-refractivity contribution in [2.45, 2.75) is 71.1 Å². The molecule has 122 valence electrons. The first kappa shape index (κ1) is 16.8. The zero-order valence-electron chi connectivity index (χ0n) is 14.2. The number of carbonyl (C=O) groups excluding carboxylic acids is 1. The Bertz CT molecular complexity index is 345. The van der Waals surface area contributed by atoms with Crippen LogP contribution in [0, 0.1) is 5.92 Å². The molecule has 1 amide bonds. The third kappa shape index (κ3) is 3.59. The molecule has 1 atom stereocenters. The summed E-state index contributed by atoms with van der Waals surface area (Å²) in [7, 11) is 2.15. The van der Waals surface area contributed by atoms with Crippen LogP contribution < -0.4 is 0 Å². The van der Waals surface area contributed by atoms with Gasteiger partial charge in [-0.25, -0.2) is 0 Å². The summed E-state index contributed by atoms with van der Waals surface area (Å²) in [5.74, 6) is 0.526. The zero-order valence-corrected chi connectivity index (χ0v) is 14.2. The fourth-order valence-corrected chi connectivity index (χ4v) is 3.85. The van der Waals surface area contributed by atoms with Gasteiger partial charge in [-0.05, 0) is 26.8 Å². The molecule has 0 saturated carbocycles. The molecule has 0 aromatic rings. The summed E-state index contributed by atoms with van der Waals surface area (Å²) in [6.07, 6.45) is 6.24. The fraction of sp³-hybridized carbons (Fsp3) is 0.941. The van der Waals surface area contributed by atoms with Crippen molar-refractivity contribution >= 4 is 5.91 Å². The standard InChI is InChI=1S/C17H32N2O2/c1-5-7-15(8-6-2)16(20)19-13-14(3)21-17(19)9-11-18(4)12-10-17/h14-15H,5-13H2,1-4H3. The van der Waals surface area contributed by atoms with Crippen LogP contribution in [0.5, 0.6) is 0 Å². The van der Waals surface area contributed by atoms with Gasteiger partial charge in [0.05, 0.1) is 6.10 Å². The first-order valence-corrected chi connectivity index (χ1v) is 8.70. The van der Waals surface area contributed by atoms with Gasteiger partial charge in [-0.1, -0.05) is 26.7 Å². The summed E-state index contributed by atoms with van der Waals surface area (Å²) in [4.78, 5) is 17.5. The average molecular weight is 296 g/mol. The largest absolute Gasteiger partial charge is 0.351 e. The Morgan fingerprint density at radius 1 is 1.24 bits per heavy atom. The molecule has 4 heteroatoms. The molecule has 2 rings (SSSR count). The molecule has 0 aromatic carbocycles. The van der Waals surface area contributed by atoms with Crippen LogP contribution in [0.1, 0.15) is 59.3 Å². The Balaban J connectivity index is 2.13. The number of likely N-dealkylation sites (tertiary alicyclic amines) is 1. The molecule has 0 N–H and O–H groups in total. The van der Waals surface area contributed by atoms with E-state index in [9.17, 15) is 4.79 Å². The highest BCUT2D eigenvalue weighted by molar-refractivity contribution is 5.79. The van der Waals surface area contributed by atoms with Crippen LogP contribution in [0.4, 0.5) is 0 Å². The lowest BCUT2D eigenvalue weighted by molar-refractivity contribution is -0.165. The summed E-state index contributed by atoms with van der Waals surface area (Å²) >= 11 is 0. The maximum atomic E-state index is 13.1. The van der Waals surface area contributed by atoms with Crippen LogP contribution in [0.2, 0.25) is 0 Å². The van der Waals surface area contributed by atoms with Gasteiger partial charge in [0.25, 0.3) is 0 Å². The van der Waals surface area contributed by atoms with Gasteiger partial charge in [-0.15, -0.1) is 0 Å². The van der Waals surface area contributed by atoms with Crippen molar-refractivity contribution in [2.24, 2.45) is 5.92 Å². The van der Waals surface area contributed by atoms with Crippen LogP contribution >= 0.6 is 0 Å². The Morgan fingerprint density at radius 2 is 1.81 bits per heavy atom. The van der Waals surface area contributed by atoms with Crippen molar-refractivity contribution in [2.75, 3.05) is 26.7 Å². The number of carbonyl (C=O) groups is 1. The summed E-state index contributed by atoms with van der Waals surface area (Å²) in [5.41, 5.74) is -0.317. The monoisotopic (exact) mass is 296 g/mol. The highest BCUT2D eigenvalue weighted by atomic mass is 16.5. The minimum Gasteiger partial charge on any atom is -0.351 e. The van der Waals surface area contributed by atoms with E-state index in [1.165, 1.54) is 0 Å². The van der Waals surface area contributed by atoms with Crippen LogP contribution in [0.15, 0.2) is 0 Å². The number of hydrogen-bond acceptors (Lipinski definition) is 3. The smallest absolute Gasteiger partial charge is 0.228 e. The van der Waals surface area contributed by atoms with Crippen LogP contribution in [0.3, 0.4) is 0 Å². The van der Waals surface area contributed by atoms with Crippen molar-refractivity contribution in [1.29, 1.82) is 0 Å². The molecular weight excluding hydrogens is 264 g/mol. The Labute approximate surface area is 129 Å². The van der Waals surface area contributed by atoms with Gasteiger partial charge in [0.1, 0.15) is 5.72 Å². The molecule has 2 aliphatic heterocycles. The van der Waals surface area contributed by atoms with E-state index in [1.54, 1.807) is 0 Å². The van der Waals surface area contributed by atoms with Crippen LogP contribution in [-0.2, 0) is 9.53 Å². The van der Waals surface area contributed by atoms with Gasteiger partial charge >= 0.3 is 0 Å². The molecule has 4 nitrogen and oxygen atoms in total. The van der Waals surface area contributed by atoms with Crippen LogP contribution in [0.25, 0.3) is 0 Å². The second-order valence-electron chi connectivity index (χ2n) is 6.90. The van der Waals surface area contributed by atoms with E-state index in [1.807, 2.05) is 0 Å². The number of hydrogen-bond donors (Lipinski definition) is 0. The summed E-state index contributed by atoms with van der Waals surface area (Å²) < 4.78 is 6.26. The quantitative estimate of drug-likeness (QED) is 0.782. The molecule has 0 radical (unpaired) electrons. The van der Waals surface area contributed by atoms with E-state index in [-0.39, 0.29) is 17.7 Å². The third-order valence-electron chi connectivity index (χ3n) is 5.01. The molecule has 2 heterocycles. The van der Waals surface area contributed by atoms with Crippen LogP contribution in [-0.4, -0.2) is 54.2 Å². The molecular formula is C17H32N2O2. The molecule has 0 aliphatic carbocycles. The van der Waals surface area contributed by atoms with Crippen molar-refractivity contribution in [1.82, 2.24) is 9.80 Å². The molecule has 0 aromatic heterocycles. The van der Waals surface area contributed by atoms with E-state index in [4.69, 9.17) is 4.74 Å². The maximum Gasteiger partial charge on any atom is 0.228 e. The van der Waals surface area contributed by atoms with E-state index < -0.39 is 0 Å². The van der Waals surface area contributed by atoms with Crippen molar-refractivity contribution in [3.63, 3.8) is 0 Å². The van der Waals surface area contributed by atoms with Gasteiger partial charge in [-0.3, -0.25) is 4.79 Å². The molecule has 2 saturated heterocycles. The topological polar surface area (TPSA) is 32.8 Å². The lowest BCUT2D eigenvalue weighted by atomic mass is 9.93. The Kier molecular flexibility index (Phi) is 5.67. The molecule has 2 fully saturated rings. The SMILES string of the molecule is CCCC(CCC)C(=O)N1CC(C)OC12CCN(C)CC2. The normalized spacial score (nSPS) is 26.0. The predicted molar refractivity (Wildman–Crippen MR) is 85.0 cm³/mol. The van der Waals surface area contributed by atoms with E-state index >= 15 is 0 Å². The predicted octanol–water partition coefficient (Wildman–Crippen LogP) is 2.87. The fourth-order valence-electron chi connectivity index (χ4n) is 3.85. The van der Waals surface area contributed by atoms with E-state index in [0.717, 1.165) is 58.2 Å². The minimum atomic E-state index is -0.317. The second kappa shape index (κ2) is 7.10. The second-order valence-corrected chi connectivity index (χ2v) is 6.90. The molecule has 0 bridgehead atoms. The van der Waals surface area contributed by atoms with Gasteiger partial charge in [-0.2, -0.15) is 0 Å². The van der Waals surface area contributed by atoms with Gasteiger partial charge in [0.2, 0.25) is 5.91 Å². The number of nitrogens with zero attached hydrogens (tertiary/aromatic N) is 2. The first-order chi connectivity index (χ1) is 10.0. The highest BCUT2D eigenvalue weighted by Crippen LogP contribution is 2.38. The van der Waals surface area contributed by atoms with Gasteiger partial charge in [0.15, 0.2) is 0 Å². The molecule has 2 aliphatic rings. The number of rotatable bonds is 5. The Morgan fingerprint density at radius 3 is 2.33 bits per heavy atom. The summed E-state index contributed by atoms with van der Waals surface area (Å²) in [6, 6.07) is 0.